The summed E-state index contributed by atoms with van der Waals surface area (Å²) in [4.78, 5) is 0. The van der Waals surface area contributed by atoms with Gasteiger partial charge in [-0.05, 0) is 31.6 Å². The van der Waals surface area contributed by atoms with Gasteiger partial charge in [0.15, 0.2) is 9.84 Å². The Bertz CT molecular complexity index is 385. The fraction of sp³-hybridized carbons (Fsp3) is 1.00. The normalized spacial score (nSPS) is 39.9. The number of sulfone groups is 1. The Balaban J connectivity index is 2.08. The van der Waals surface area contributed by atoms with Crippen LogP contribution in [-0.4, -0.2) is 49.8 Å². The SMILES string of the molecule is NCC1(NC2CCCC2CO)CCCS(=O)(=O)C1. The average molecular weight is 276 g/mol. The second kappa shape index (κ2) is 5.45. The molecule has 1 aliphatic carbocycles. The van der Waals surface area contributed by atoms with Gasteiger partial charge in [-0.2, -0.15) is 0 Å². The maximum Gasteiger partial charge on any atom is 0.152 e. The lowest BCUT2D eigenvalue weighted by atomic mass is 9.92. The van der Waals surface area contributed by atoms with E-state index in [1.54, 1.807) is 0 Å². The molecule has 2 fully saturated rings. The molecular formula is C12H24N2O3S. The first-order chi connectivity index (χ1) is 8.50. The van der Waals surface area contributed by atoms with Gasteiger partial charge in [0.05, 0.1) is 11.5 Å². The van der Waals surface area contributed by atoms with Crippen LogP contribution in [0.3, 0.4) is 0 Å². The summed E-state index contributed by atoms with van der Waals surface area (Å²) in [5.41, 5.74) is 5.36. The van der Waals surface area contributed by atoms with E-state index < -0.39 is 15.4 Å². The summed E-state index contributed by atoms with van der Waals surface area (Å²) in [6, 6.07) is 0.215. The monoisotopic (exact) mass is 276 g/mol. The second-order valence-corrected chi connectivity index (χ2v) is 7.99. The number of nitrogens with two attached hydrogens (primary N) is 1. The largest absolute Gasteiger partial charge is 0.396 e. The summed E-state index contributed by atoms with van der Waals surface area (Å²) in [5.74, 6) is 0.674. The Kier molecular flexibility index (Phi) is 4.31. The molecule has 6 heteroatoms. The van der Waals surface area contributed by atoms with E-state index in [0.717, 1.165) is 25.7 Å². The number of aliphatic hydroxyl groups is 1. The van der Waals surface area contributed by atoms with Crippen LogP contribution >= 0.6 is 0 Å². The zero-order valence-electron chi connectivity index (χ0n) is 10.8. The summed E-state index contributed by atoms with van der Waals surface area (Å²) in [6.45, 7) is 0.520. The predicted molar refractivity (Wildman–Crippen MR) is 71.0 cm³/mol. The summed E-state index contributed by atoms with van der Waals surface area (Å²) < 4.78 is 23.6. The highest BCUT2D eigenvalue weighted by molar-refractivity contribution is 7.91. The highest BCUT2D eigenvalue weighted by Gasteiger charge is 2.41. The van der Waals surface area contributed by atoms with Gasteiger partial charge in [-0.25, -0.2) is 8.42 Å². The van der Waals surface area contributed by atoms with E-state index in [1.165, 1.54) is 0 Å². The Labute approximate surface area is 109 Å². The molecule has 0 radical (unpaired) electrons. The number of rotatable bonds is 4. The highest BCUT2D eigenvalue weighted by Crippen LogP contribution is 2.30. The number of nitrogens with one attached hydrogen (secondary N) is 1. The summed E-state index contributed by atoms with van der Waals surface area (Å²) >= 11 is 0. The molecule has 0 aromatic rings. The van der Waals surface area contributed by atoms with Crippen molar-refractivity contribution in [3.63, 3.8) is 0 Å². The molecule has 2 aliphatic rings. The van der Waals surface area contributed by atoms with Gasteiger partial charge in [-0.1, -0.05) is 6.42 Å². The lowest BCUT2D eigenvalue weighted by molar-refractivity contribution is 0.180. The van der Waals surface area contributed by atoms with Crippen LogP contribution in [0.5, 0.6) is 0 Å². The topological polar surface area (TPSA) is 92.4 Å². The quantitative estimate of drug-likeness (QED) is 0.652. The van der Waals surface area contributed by atoms with E-state index in [-0.39, 0.29) is 30.1 Å². The number of hydrogen-bond donors (Lipinski definition) is 3. The average Bonchev–Trinajstić information content (AvgIpc) is 2.74. The van der Waals surface area contributed by atoms with Crippen molar-refractivity contribution < 1.29 is 13.5 Å². The van der Waals surface area contributed by atoms with Gasteiger partial charge in [0, 0.05) is 24.7 Å². The molecule has 4 N–H and O–H groups in total. The number of aliphatic hydroxyl groups excluding tert-OH is 1. The van der Waals surface area contributed by atoms with E-state index in [0.29, 0.717) is 13.0 Å². The molecule has 0 aromatic heterocycles. The minimum atomic E-state index is -2.97. The molecule has 0 aromatic carbocycles. The molecule has 2 rings (SSSR count). The zero-order chi connectivity index (χ0) is 13.2. The first-order valence-corrected chi connectivity index (χ1v) is 8.61. The lowest BCUT2D eigenvalue weighted by Gasteiger charge is -2.40. The van der Waals surface area contributed by atoms with Crippen molar-refractivity contribution in [2.45, 2.75) is 43.7 Å². The molecule has 18 heavy (non-hydrogen) atoms. The van der Waals surface area contributed by atoms with Crippen molar-refractivity contribution >= 4 is 9.84 Å². The van der Waals surface area contributed by atoms with Gasteiger partial charge in [0.2, 0.25) is 0 Å². The van der Waals surface area contributed by atoms with Crippen LogP contribution in [0.2, 0.25) is 0 Å². The van der Waals surface area contributed by atoms with Gasteiger partial charge in [-0.15, -0.1) is 0 Å². The van der Waals surface area contributed by atoms with Crippen LogP contribution in [0.25, 0.3) is 0 Å². The van der Waals surface area contributed by atoms with Crippen LogP contribution in [-0.2, 0) is 9.84 Å². The maximum atomic E-state index is 11.8. The molecule has 1 aliphatic heterocycles. The maximum absolute atomic E-state index is 11.8. The van der Waals surface area contributed by atoms with E-state index in [2.05, 4.69) is 5.32 Å². The Hall–Kier alpha value is -0.170. The third-order valence-electron chi connectivity index (χ3n) is 4.38. The smallest absolute Gasteiger partial charge is 0.152 e. The Morgan fingerprint density at radius 2 is 2.11 bits per heavy atom. The van der Waals surface area contributed by atoms with Crippen molar-refractivity contribution in [1.29, 1.82) is 0 Å². The summed E-state index contributed by atoms with van der Waals surface area (Å²) in [7, 11) is -2.97. The van der Waals surface area contributed by atoms with E-state index in [4.69, 9.17) is 5.73 Å². The van der Waals surface area contributed by atoms with Gasteiger partial charge in [0.25, 0.3) is 0 Å². The van der Waals surface area contributed by atoms with Crippen LogP contribution in [0, 0.1) is 5.92 Å². The van der Waals surface area contributed by atoms with E-state index >= 15 is 0 Å². The highest BCUT2D eigenvalue weighted by atomic mass is 32.2. The van der Waals surface area contributed by atoms with Crippen LogP contribution < -0.4 is 11.1 Å². The minimum absolute atomic E-state index is 0.144. The molecule has 0 amide bonds. The van der Waals surface area contributed by atoms with Crippen LogP contribution in [0.1, 0.15) is 32.1 Å². The predicted octanol–water partition coefficient (Wildman–Crippen LogP) is -0.357. The van der Waals surface area contributed by atoms with Crippen molar-refractivity contribution in [2.24, 2.45) is 11.7 Å². The molecule has 106 valence electrons. The van der Waals surface area contributed by atoms with E-state index in [1.807, 2.05) is 0 Å². The molecule has 1 saturated carbocycles. The first-order valence-electron chi connectivity index (χ1n) is 6.79. The third kappa shape index (κ3) is 3.04. The first kappa shape index (κ1) is 14.2. The standard InChI is InChI=1S/C12H24N2O3S/c13-8-12(5-2-6-18(16,17)9-12)14-11-4-1-3-10(11)7-15/h10-11,14-15H,1-9,13H2. The van der Waals surface area contributed by atoms with Gasteiger partial charge < -0.3 is 16.2 Å². The molecular weight excluding hydrogens is 252 g/mol. The second-order valence-electron chi connectivity index (χ2n) is 5.80. The fourth-order valence-corrected chi connectivity index (χ4v) is 5.28. The van der Waals surface area contributed by atoms with Gasteiger partial charge in [0.1, 0.15) is 0 Å². The van der Waals surface area contributed by atoms with Crippen molar-refractivity contribution in [3.05, 3.63) is 0 Å². The third-order valence-corrected chi connectivity index (χ3v) is 6.29. The molecule has 1 saturated heterocycles. The lowest BCUT2D eigenvalue weighted by Crippen LogP contribution is -2.61. The molecule has 0 spiro atoms. The molecule has 5 nitrogen and oxygen atoms in total. The van der Waals surface area contributed by atoms with Crippen molar-refractivity contribution in [2.75, 3.05) is 24.7 Å². The Morgan fingerprint density at radius 1 is 1.33 bits per heavy atom. The summed E-state index contributed by atoms with van der Waals surface area (Å²) in [5, 5.41) is 12.8. The minimum Gasteiger partial charge on any atom is -0.396 e. The fourth-order valence-electron chi connectivity index (χ4n) is 3.37. The van der Waals surface area contributed by atoms with Crippen molar-refractivity contribution in [3.8, 4) is 0 Å². The Morgan fingerprint density at radius 3 is 2.72 bits per heavy atom. The van der Waals surface area contributed by atoms with Gasteiger partial charge in [-0.3, -0.25) is 0 Å². The van der Waals surface area contributed by atoms with E-state index in [9.17, 15) is 13.5 Å². The summed E-state index contributed by atoms with van der Waals surface area (Å²) in [6.07, 6.45) is 4.62. The van der Waals surface area contributed by atoms with Gasteiger partial charge >= 0.3 is 0 Å². The molecule has 3 unspecified atom stereocenters. The molecule has 1 heterocycles. The van der Waals surface area contributed by atoms with Crippen LogP contribution in [0.15, 0.2) is 0 Å². The molecule has 3 atom stereocenters. The number of hydrogen-bond acceptors (Lipinski definition) is 5. The molecule has 0 bridgehead atoms. The van der Waals surface area contributed by atoms with Crippen LogP contribution in [0.4, 0.5) is 0 Å². The zero-order valence-corrected chi connectivity index (χ0v) is 11.6. The van der Waals surface area contributed by atoms with Crippen molar-refractivity contribution in [1.82, 2.24) is 5.32 Å².